The molecule has 0 atom stereocenters. The number of nitrogens with two attached hydrogens (primary N) is 1. The summed E-state index contributed by atoms with van der Waals surface area (Å²) in [5, 5.41) is 0. The Hall–Kier alpha value is -1.75. The van der Waals surface area contributed by atoms with Gasteiger partial charge in [-0.2, -0.15) is 0 Å². The van der Waals surface area contributed by atoms with Crippen LogP contribution in [0.1, 0.15) is 12.8 Å². The van der Waals surface area contributed by atoms with Crippen molar-refractivity contribution in [3.8, 4) is 0 Å². The fraction of sp³-hybridized carbons (Fsp3) is 0.500. The van der Waals surface area contributed by atoms with Crippen LogP contribution in [-0.2, 0) is 7.05 Å². The van der Waals surface area contributed by atoms with Gasteiger partial charge in [0.05, 0.1) is 5.52 Å². The van der Waals surface area contributed by atoms with Gasteiger partial charge in [0.2, 0.25) is 0 Å². The lowest BCUT2D eigenvalue weighted by Gasteiger charge is -2.24. The molecule has 1 saturated carbocycles. The highest BCUT2D eigenvalue weighted by atomic mass is 16.4. The first kappa shape index (κ1) is 12.3. The molecule has 0 aliphatic heterocycles. The van der Waals surface area contributed by atoms with Gasteiger partial charge >= 0.3 is 5.76 Å². The normalized spacial score (nSPS) is 16.8. The number of oxazole rings is 1. The van der Waals surface area contributed by atoms with Crippen molar-refractivity contribution in [3.63, 3.8) is 0 Å². The Morgan fingerprint density at radius 2 is 2.21 bits per heavy atom. The first-order valence-corrected chi connectivity index (χ1v) is 6.55. The molecule has 1 aliphatic carbocycles. The molecule has 1 heterocycles. The summed E-state index contributed by atoms with van der Waals surface area (Å²) in [6.45, 7) is 1.69. The second kappa shape index (κ2) is 4.13. The van der Waals surface area contributed by atoms with E-state index in [0.717, 1.165) is 24.3 Å². The molecule has 102 valence electrons. The molecule has 1 aliphatic rings. The maximum absolute atomic E-state index is 11.5. The van der Waals surface area contributed by atoms with E-state index in [9.17, 15) is 4.79 Å². The van der Waals surface area contributed by atoms with E-state index in [-0.39, 0.29) is 5.76 Å². The molecule has 1 aromatic heterocycles. The van der Waals surface area contributed by atoms with Gasteiger partial charge in [0, 0.05) is 37.8 Å². The van der Waals surface area contributed by atoms with Crippen LogP contribution in [0.25, 0.3) is 11.1 Å². The molecule has 1 aromatic carbocycles. The average Bonchev–Trinajstić information content (AvgIpc) is 3.12. The van der Waals surface area contributed by atoms with E-state index in [1.165, 1.54) is 17.4 Å². The lowest BCUT2D eigenvalue weighted by molar-refractivity contribution is 0.521. The Labute approximate surface area is 111 Å². The quantitative estimate of drug-likeness (QED) is 0.901. The third-order valence-electron chi connectivity index (χ3n) is 4.18. The van der Waals surface area contributed by atoms with Crippen LogP contribution in [0, 0.1) is 5.41 Å². The summed E-state index contributed by atoms with van der Waals surface area (Å²) in [6, 6.07) is 5.86. The number of hydrogen-bond acceptors (Lipinski definition) is 4. The minimum Gasteiger partial charge on any atom is -0.408 e. The molecule has 0 saturated heterocycles. The molecular weight excluding hydrogens is 242 g/mol. The highest BCUT2D eigenvalue weighted by Gasteiger charge is 2.42. The lowest BCUT2D eigenvalue weighted by atomic mass is 10.1. The number of anilines is 1. The molecule has 0 spiro atoms. The van der Waals surface area contributed by atoms with Gasteiger partial charge in [0.1, 0.15) is 0 Å². The summed E-state index contributed by atoms with van der Waals surface area (Å²) < 4.78 is 6.73. The molecular formula is C14H19N3O2. The van der Waals surface area contributed by atoms with Gasteiger partial charge in [0.15, 0.2) is 5.58 Å². The van der Waals surface area contributed by atoms with E-state index in [4.69, 9.17) is 10.2 Å². The minimum atomic E-state index is -0.324. The lowest BCUT2D eigenvalue weighted by Crippen LogP contribution is -2.31. The Kier molecular flexibility index (Phi) is 2.67. The largest absolute Gasteiger partial charge is 0.419 e. The SMILES string of the molecule is CN(CC1(CN)CC1)c1ccc2c(c1)oc(=O)n2C. The number of hydrogen-bond donors (Lipinski definition) is 1. The summed E-state index contributed by atoms with van der Waals surface area (Å²) in [4.78, 5) is 13.7. The monoisotopic (exact) mass is 261 g/mol. The van der Waals surface area contributed by atoms with Gasteiger partial charge in [-0.25, -0.2) is 4.79 Å². The second-order valence-corrected chi connectivity index (χ2v) is 5.64. The van der Waals surface area contributed by atoms with Crippen molar-refractivity contribution in [2.24, 2.45) is 18.2 Å². The van der Waals surface area contributed by atoms with Crippen molar-refractivity contribution in [3.05, 3.63) is 28.7 Å². The molecule has 0 bridgehead atoms. The highest BCUT2D eigenvalue weighted by Crippen LogP contribution is 2.45. The van der Waals surface area contributed by atoms with Crippen molar-refractivity contribution in [1.82, 2.24) is 4.57 Å². The zero-order valence-corrected chi connectivity index (χ0v) is 11.3. The zero-order valence-electron chi connectivity index (χ0n) is 11.3. The Bertz CT molecular complexity index is 667. The molecule has 0 amide bonds. The fourth-order valence-electron chi connectivity index (χ4n) is 2.56. The summed E-state index contributed by atoms with van der Waals surface area (Å²) in [5.41, 5.74) is 8.62. The summed E-state index contributed by atoms with van der Waals surface area (Å²) in [6.07, 6.45) is 2.41. The molecule has 5 heteroatoms. The highest BCUT2D eigenvalue weighted by molar-refractivity contribution is 5.77. The van der Waals surface area contributed by atoms with Gasteiger partial charge in [0.25, 0.3) is 0 Å². The smallest absolute Gasteiger partial charge is 0.408 e. The van der Waals surface area contributed by atoms with Crippen LogP contribution in [0.15, 0.2) is 27.4 Å². The van der Waals surface area contributed by atoms with Crippen LogP contribution in [0.4, 0.5) is 5.69 Å². The van der Waals surface area contributed by atoms with E-state index in [0.29, 0.717) is 11.0 Å². The third-order valence-corrected chi connectivity index (χ3v) is 4.18. The maximum atomic E-state index is 11.5. The topological polar surface area (TPSA) is 64.4 Å². The molecule has 0 unspecified atom stereocenters. The van der Waals surface area contributed by atoms with Gasteiger partial charge in [-0.15, -0.1) is 0 Å². The molecule has 19 heavy (non-hydrogen) atoms. The Morgan fingerprint density at radius 3 is 2.84 bits per heavy atom. The van der Waals surface area contributed by atoms with Crippen molar-refractivity contribution < 1.29 is 4.42 Å². The van der Waals surface area contributed by atoms with E-state index >= 15 is 0 Å². The van der Waals surface area contributed by atoms with Crippen molar-refractivity contribution >= 4 is 16.8 Å². The summed E-state index contributed by atoms with van der Waals surface area (Å²) in [7, 11) is 3.77. The van der Waals surface area contributed by atoms with Gasteiger partial charge in [-0.1, -0.05) is 0 Å². The molecule has 2 aromatic rings. The summed E-state index contributed by atoms with van der Waals surface area (Å²) >= 11 is 0. The van der Waals surface area contributed by atoms with Crippen LogP contribution >= 0.6 is 0 Å². The number of nitrogens with zero attached hydrogens (tertiary/aromatic N) is 2. The van der Waals surface area contributed by atoms with Gasteiger partial charge in [-0.3, -0.25) is 4.57 Å². The van der Waals surface area contributed by atoms with Crippen LogP contribution in [0.2, 0.25) is 0 Å². The molecule has 2 N–H and O–H groups in total. The van der Waals surface area contributed by atoms with E-state index < -0.39 is 0 Å². The van der Waals surface area contributed by atoms with Crippen molar-refractivity contribution in [1.29, 1.82) is 0 Å². The Morgan fingerprint density at radius 1 is 1.47 bits per heavy atom. The minimum absolute atomic E-state index is 0.293. The number of aryl methyl sites for hydroxylation is 1. The second-order valence-electron chi connectivity index (χ2n) is 5.64. The van der Waals surface area contributed by atoms with E-state index in [2.05, 4.69) is 11.9 Å². The molecule has 3 rings (SSSR count). The van der Waals surface area contributed by atoms with Crippen LogP contribution in [0.5, 0.6) is 0 Å². The number of benzene rings is 1. The Balaban J connectivity index is 1.90. The first-order valence-electron chi connectivity index (χ1n) is 6.55. The van der Waals surface area contributed by atoms with Crippen LogP contribution in [-0.4, -0.2) is 24.7 Å². The standard InChI is InChI=1S/C14H19N3O2/c1-16(9-14(8-15)5-6-14)10-3-4-11-12(7-10)19-13(18)17(11)2/h3-4,7H,5-6,8-9,15H2,1-2H3. The van der Waals surface area contributed by atoms with E-state index in [1.807, 2.05) is 18.2 Å². The average molecular weight is 261 g/mol. The zero-order chi connectivity index (χ0) is 13.6. The molecule has 5 nitrogen and oxygen atoms in total. The predicted molar refractivity (Wildman–Crippen MR) is 75.4 cm³/mol. The fourth-order valence-corrected chi connectivity index (χ4v) is 2.56. The molecule has 1 fully saturated rings. The van der Waals surface area contributed by atoms with Gasteiger partial charge in [-0.05, 0) is 31.5 Å². The summed E-state index contributed by atoms with van der Waals surface area (Å²) in [5.74, 6) is -0.324. The maximum Gasteiger partial charge on any atom is 0.419 e. The first-order chi connectivity index (χ1) is 9.04. The van der Waals surface area contributed by atoms with Crippen LogP contribution < -0.4 is 16.4 Å². The third kappa shape index (κ3) is 2.04. The molecule has 0 radical (unpaired) electrons. The van der Waals surface area contributed by atoms with Crippen molar-refractivity contribution in [2.75, 3.05) is 25.0 Å². The van der Waals surface area contributed by atoms with Gasteiger partial charge < -0.3 is 15.1 Å². The number of rotatable bonds is 4. The van der Waals surface area contributed by atoms with Crippen molar-refractivity contribution in [2.45, 2.75) is 12.8 Å². The van der Waals surface area contributed by atoms with E-state index in [1.54, 1.807) is 7.05 Å². The predicted octanol–water partition coefficient (Wildman–Crippen LogP) is 1.31. The van der Waals surface area contributed by atoms with Crippen LogP contribution in [0.3, 0.4) is 0 Å². The number of aromatic nitrogens is 1. The number of fused-ring (bicyclic) bond motifs is 1.